The van der Waals surface area contributed by atoms with E-state index >= 15 is 0 Å². The van der Waals surface area contributed by atoms with Crippen LogP contribution >= 0.6 is 0 Å². The van der Waals surface area contributed by atoms with E-state index in [0.717, 1.165) is 43.8 Å². The number of methoxy groups -OCH3 is 1. The third-order valence-electron chi connectivity index (χ3n) is 6.58. The Morgan fingerprint density at radius 3 is 2.43 bits per heavy atom. The van der Waals surface area contributed by atoms with Gasteiger partial charge >= 0.3 is 0 Å². The van der Waals surface area contributed by atoms with Crippen LogP contribution in [0.4, 0.5) is 5.69 Å². The summed E-state index contributed by atoms with van der Waals surface area (Å²) in [6.45, 7) is 4.50. The second-order valence-electron chi connectivity index (χ2n) is 9.04. The number of piperidine rings is 1. The number of nitrogens with one attached hydrogen (secondary N) is 2. The van der Waals surface area contributed by atoms with Crippen LogP contribution in [0.1, 0.15) is 47.3 Å². The molecule has 3 aromatic rings. The monoisotopic (exact) mass is 471 g/mol. The van der Waals surface area contributed by atoms with Crippen molar-refractivity contribution in [3.8, 4) is 5.75 Å². The molecule has 3 aromatic carbocycles. The van der Waals surface area contributed by atoms with Crippen LogP contribution in [0.15, 0.2) is 78.9 Å². The standard InChI is InChI=1S/C29H33N3O3/c1-21(23-10-4-3-5-11-23)30-29(34)26-13-6-7-14-27(26)31-28(33)24-15-17-32(18-16-24)20-22-9-8-12-25(19-22)35-2/h3-14,19,21,24H,15-18,20H2,1-2H3,(H,30,34)(H,31,33). The molecule has 0 spiro atoms. The van der Waals surface area contributed by atoms with Crippen molar-refractivity contribution in [2.75, 3.05) is 25.5 Å². The van der Waals surface area contributed by atoms with Gasteiger partial charge in [0, 0.05) is 12.5 Å². The Morgan fingerprint density at radius 2 is 1.69 bits per heavy atom. The van der Waals surface area contributed by atoms with Crippen LogP contribution in [0.5, 0.6) is 5.75 Å². The highest BCUT2D eigenvalue weighted by Crippen LogP contribution is 2.24. The molecular weight excluding hydrogens is 438 g/mol. The average molecular weight is 472 g/mol. The van der Waals surface area contributed by atoms with E-state index in [1.54, 1.807) is 19.2 Å². The second kappa shape index (κ2) is 11.7. The quantitative estimate of drug-likeness (QED) is 0.483. The van der Waals surface area contributed by atoms with E-state index in [2.05, 4.69) is 27.7 Å². The topological polar surface area (TPSA) is 70.7 Å². The number of likely N-dealkylation sites (tertiary alicyclic amines) is 1. The molecule has 35 heavy (non-hydrogen) atoms. The first-order chi connectivity index (χ1) is 17.0. The third kappa shape index (κ3) is 6.49. The first-order valence-electron chi connectivity index (χ1n) is 12.1. The molecule has 1 atom stereocenters. The molecule has 0 saturated carbocycles. The number of hydrogen-bond acceptors (Lipinski definition) is 4. The summed E-state index contributed by atoms with van der Waals surface area (Å²) in [5, 5.41) is 6.06. The summed E-state index contributed by atoms with van der Waals surface area (Å²) < 4.78 is 5.32. The fourth-order valence-electron chi connectivity index (χ4n) is 4.51. The average Bonchev–Trinajstić information content (AvgIpc) is 2.90. The smallest absolute Gasteiger partial charge is 0.253 e. The lowest BCUT2D eigenvalue weighted by molar-refractivity contribution is -0.121. The van der Waals surface area contributed by atoms with Crippen LogP contribution in [0.25, 0.3) is 0 Å². The van der Waals surface area contributed by atoms with E-state index in [4.69, 9.17) is 4.74 Å². The number of anilines is 1. The van der Waals surface area contributed by atoms with Gasteiger partial charge in [0.2, 0.25) is 5.91 Å². The molecule has 0 aliphatic carbocycles. The maximum Gasteiger partial charge on any atom is 0.253 e. The number of carbonyl (C=O) groups is 2. The number of nitrogens with zero attached hydrogens (tertiary/aromatic N) is 1. The van der Waals surface area contributed by atoms with Crippen molar-refractivity contribution in [2.24, 2.45) is 5.92 Å². The van der Waals surface area contributed by atoms with Gasteiger partial charge in [-0.15, -0.1) is 0 Å². The van der Waals surface area contributed by atoms with E-state index in [0.29, 0.717) is 11.3 Å². The van der Waals surface area contributed by atoms with Gasteiger partial charge in [-0.25, -0.2) is 0 Å². The molecule has 1 unspecified atom stereocenters. The van der Waals surface area contributed by atoms with E-state index < -0.39 is 0 Å². The first-order valence-corrected chi connectivity index (χ1v) is 12.1. The van der Waals surface area contributed by atoms with Gasteiger partial charge in [-0.3, -0.25) is 14.5 Å². The van der Waals surface area contributed by atoms with Crippen LogP contribution in [-0.2, 0) is 11.3 Å². The Balaban J connectivity index is 1.33. The number of para-hydroxylation sites is 1. The van der Waals surface area contributed by atoms with Gasteiger partial charge in [0.1, 0.15) is 5.75 Å². The fourth-order valence-corrected chi connectivity index (χ4v) is 4.51. The SMILES string of the molecule is COc1cccc(CN2CCC(C(=O)Nc3ccccc3C(=O)NC(C)c3ccccc3)CC2)c1. The van der Waals surface area contributed by atoms with Crippen LogP contribution < -0.4 is 15.4 Å². The number of benzene rings is 3. The molecule has 1 aliphatic rings. The van der Waals surface area contributed by atoms with E-state index in [9.17, 15) is 9.59 Å². The Morgan fingerprint density at radius 1 is 0.971 bits per heavy atom. The second-order valence-corrected chi connectivity index (χ2v) is 9.04. The summed E-state index contributed by atoms with van der Waals surface area (Å²) >= 11 is 0. The van der Waals surface area contributed by atoms with Gasteiger partial charge < -0.3 is 15.4 Å². The summed E-state index contributed by atoms with van der Waals surface area (Å²) in [5.41, 5.74) is 3.26. The molecular formula is C29H33N3O3. The van der Waals surface area contributed by atoms with E-state index in [1.807, 2.05) is 61.5 Å². The molecule has 1 fully saturated rings. The molecule has 0 bridgehead atoms. The molecule has 1 heterocycles. The molecule has 2 amide bonds. The Bertz CT molecular complexity index is 1140. The third-order valence-corrected chi connectivity index (χ3v) is 6.58. The van der Waals surface area contributed by atoms with Crippen LogP contribution in [0.3, 0.4) is 0 Å². The van der Waals surface area contributed by atoms with Gasteiger partial charge in [-0.2, -0.15) is 0 Å². The molecule has 6 heteroatoms. The van der Waals surface area contributed by atoms with Gasteiger partial charge in [-0.1, -0.05) is 54.6 Å². The lowest BCUT2D eigenvalue weighted by Gasteiger charge is -2.31. The summed E-state index contributed by atoms with van der Waals surface area (Å²) in [6, 6.07) is 25.0. The van der Waals surface area contributed by atoms with Crippen molar-refractivity contribution in [1.82, 2.24) is 10.2 Å². The van der Waals surface area contributed by atoms with Crippen molar-refractivity contribution < 1.29 is 14.3 Å². The summed E-state index contributed by atoms with van der Waals surface area (Å²) in [6.07, 6.45) is 1.57. The molecule has 0 radical (unpaired) electrons. The zero-order valence-corrected chi connectivity index (χ0v) is 20.4. The Kier molecular flexibility index (Phi) is 8.16. The van der Waals surface area contributed by atoms with Crippen molar-refractivity contribution in [3.63, 3.8) is 0 Å². The van der Waals surface area contributed by atoms with Crippen LogP contribution in [-0.4, -0.2) is 36.9 Å². The number of carbonyl (C=O) groups excluding carboxylic acids is 2. The minimum Gasteiger partial charge on any atom is -0.497 e. The molecule has 182 valence electrons. The molecule has 2 N–H and O–H groups in total. The highest BCUT2D eigenvalue weighted by Gasteiger charge is 2.26. The fraction of sp³-hybridized carbons (Fsp3) is 0.310. The van der Waals surface area contributed by atoms with Gasteiger partial charge in [0.05, 0.1) is 24.4 Å². The van der Waals surface area contributed by atoms with Crippen LogP contribution in [0.2, 0.25) is 0 Å². The van der Waals surface area contributed by atoms with Crippen LogP contribution in [0, 0.1) is 5.92 Å². The number of ether oxygens (including phenoxy) is 1. The minimum atomic E-state index is -0.203. The first kappa shape index (κ1) is 24.5. The van der Waals surface area contributed by atoms with Crippen molar-refractivity contribution in [2.45, 2.75) is 32.4 Å². The predicted octanol–water partition coefficient (Wildman–Crippen LogP) is 5.04. The molecule has 4 rings (SSSR count). The molecule has 1 saturated heterocycles. The highest BCUT2D eigenvalue weighted by molar-refractivity contribution is 6.04. The van der Waals surface area contributed by atoms with Gasteiger partial charge in [0.15, 0.2) is 0 Å². The summed E-state index contributed by atoms with van der Waals surface area (Å²) in [4.78, 5) is 28.4. The van der Waals surface area contributed by atoms with Crippen molar-refractivity contribution in [3.05, 3.63) is 95.6 Å². The lowest BCUT2D eigenvalue weighted by Crippen LogP contribution is -2.38. The van der Waals surface area contributed by atoms with Gasteiger partial charge in [0.25, 0.3) is 5.91 Å². The largest absolute Gasteiger partial charge is 0.497 e. The Hall–Kier alpha value is -3.64. The highest BCUT2D eigenvalue weighted by atomic mass is 16.5. The lowest BCUT2D eigenvalue weighted by atomic mass is 9.95. The number of hydrogen-bond donors (Lipinski definition) is 2. The van der Waals surface area contributed by atoms with E-state index in [1.165, 1.54) is 5.56 Å². The minimum absolute atomic E-state index is 0.0256. The predicted molar refractivity (Wildman–Crippen MR) is 138 cm³/mol. The maximum atomic E-state index is 13.1. The Labute approximate surface area is 207 Å². The zero-order valence-electron chi connectivity index (χ0n) is 20.4. The summed E-state index contributed by atoms with van der Waals surface area (Å²) in [7, 11) is 1.68. The molecule has 0 aromatic heterocycles. The number of rotatable bonds is 8. The maximum absolute atomic E-state index is 13.1. The van der Waals surface area contributed by atoms with Crippen molar-refractivity contribution in [1.29, 1.82) is 0 Å². The zero-order chi connectivity index (χ0) is 24.6. The van der Waals surface area contributed by atoms with Crippen molar-refractivity contribution >= 4 is 17.5 Å². The van der Waals surface area contributed by atoms with Gasteiger partial charge in [-0.05, 0) is 68.2 Å². The summed E-state index contributed by atoms with van der Waals surface area (Å²) in [5.74, 6) is 0.557. The normalized spacial score (nSPS) is 15.3. The molecule has 1 aliphatic heterocycles. The molecule has 6 nitrogen and oxygen atoms in total. The van der Waals surface area contributed by atoms with E-state index in [-0.39, 0.29) is 23.8 Å². The number of amides is 2.